The van der Waals surface area contributed by atoms with Gasteiger partial charge in [0.25, 0.3) is 0 Å². The first-order valence-corrected chi connectivity index (χ1v) is 9.38. The largest absolute Gasteiger partial charge is 1.00 e. The fraction of sp³-hybridized carbons (Fsp3) is 0.667. The van der Waals surface area contributed by atoms with Gasteiger partial charge in [-0.15, -0.1) is 0 Å². The predicted molar refractivity (Wildman–Crippen MR) is 108 cm³/mol. The van der Waals surface area contributed by atoms with Crippen molar-refractivity contribution in [2.45, 2.75) is 91.4 Å². The second-order valence-electron chi connectivity index (χ2n) is 6.74. The summed E-state index contributed by atoms with van der Waals surface area (Å²) < 4.78 is 0. The van der Waals surface area contributed by atoms with E-state index in [4.69, 9.17) is 0 Å². The van der Waals surface area contributed by atoms with Crippen molar-refractivity contribution in [3.05, 3.63) is 34.4 Å². The van der Waals surface area contributed by atoms with E-state index in [1.165, 1.54) is 69.8 Å². The maximum Gasteiger partial charge on any atom is 0.0718 e. The topological polar surface area (TPSA) is 113 Å². The molecule has 5 heteroatoms. The minimum Gasteiger partial charge on any atom is -1.00 e. The fourth-order valence-corrected chi connectivity index (χ4v) is 3.17. The highest BCUT2D eigenvalue weighted by molar-refractivity contribution is 5.88. The highest BCUT2D eigenvalue weighted by atomic mass is 35.5. The number of carbonyl (C=O) groups excluding carboxylic acids is 1. The predicted octanol–water partition coefficient (Wildman–Crippen LogP) is 2.89. The molecule has 0 saturated carbocycles. The summed E-state index contributed by atoms with van der Waals surface area (Å²) >= 11 is 0. The van der Waals surface area contributed by atoms with Crippen LogP contribution in [0.2, 0.25) is 0 Å². The van der Waals surface area contributed by atoms with E-state index >= 15 is 0 Å². The number of halogens is 1. The molecule has 0 heterocycles. The Morgan fingerprint density at radius 2 is 1.27 bits per heavy atom. The van der Waals surface area contributed by atoms with Gasteiger partial charge < -0.3 is 34.6 Å². The number of carboxylic acids is 1. The molecule has 1 aromatic rings. The van der Waals surface area contributed by atoms with Crippen LogP contribution in [-0.2, 0) is 6.42 Å². The molecule has 0 aliphatic rings. The molecule has 0 aliphatic heterocycles. The average Bonchev–Trinajstić information content (AvgIpc) is 2.52. The second-order valence-corrected chi connectivity index (χ2v) is 6.74. The SMILES string of the molecule is CCCCCCCCCCCCc1ccc(C(=O)[O-])c(C)c1C.[Cl-].[NH4+].[NH4+]. The van der Waals surface area contributed by atoms with Crippen LogP contribution in [0.1, 0.15) is 98.2 Å². The third kappa shape index (κ3) is 10.8. The first-order chi connectivity index (χ1) is 11.1. The summed E-state index contributed by atoms with van der Waals surface area (Å²) in [5, 5.41) is 11.0. The van der Waals surface area contributed by atoms with Crippen LogP contribution in [0.3, 0.4) is 0 Å². The van der Waals surface area contributed by atoms with E-state index in [1.54, 1.807) is 6.07 Å². The standard InChI is InChI=1S/C21H34O2.ClH.2H3N/c1-4-5-6-7-8-9-10-11-12-13-14-19-15-16-20(21(22)23)18(3)17(19)2;;;/h15-16H,4-14H2,1-3H3,(H,22,23);1H;2*1H3. The molecule has 0 spiro atoms. The monoisotopic (exact) mass is 388 g/mol. The van der Waals surface area contributed by atoms with Crippen LogP contribution in [0.5, 0.6) is 0 Å². The third-order valence-corrected chi connectivity index (χ3v) is 4.92. The van der Waals surface area contributed by atoms with Crippen molar-refractivity contribution in [3.8, 4) is 0 Å². The Balaban J connectivity index is -0.00000176. The maximum atomic E-state index is 11.0. The van der Waals surface area contributed by atoms with E-state index in [0.29, 0.717) is 5.56 Å². The van der Waals surface area contributed by atoms with Crippen molar-refractivity contribution >= 4 is 5.97 Å². The van der Waals surface area contributed by atoms with Crippen LogP contribution < -0.4 is 29.8 Å². The molecule has 0 radical (unpaired) electrons. The lowest BCUT2D eigenvalue weighted by atomic mass is 9.94. The third-order valence-electron chi connectivity index (χ3n) is 4.92. The summed E-state index contributed by atoms with van der Waals surface area (Å²) in [6.07, 6.45) is 14.5. The second kappa shape index (κ2) is 17.3. The summed E-state index contributed by atoms with van der Waals surface area (Å²) in [5.41, 5.74) is 3.58. The first-order valence-electron chi connectivity index (χ1n) is 9.38. The zero-order valence-electron chi connectivity index (χ0n) is 17.6. The summed E-state index contributed by atoms with van der Waals surface area (Å²) in [6.45, 7) is 6.16. The summed E-state index contributed by atoms with van der Waals surface area (Å²) in [4.78, 5) is 11.0. The minimum atomic E-state index is -1.07. The van der Waals surface area contributed by atoms with Gasteiger partial charge in [-0.05, 0) is 43.4 Å². The Labute approximate surface area is 166 Å². The number of unbranched alkanes of at least 4 members (excludes halogenated alkanes) is 9. The van der Waals surface area contributed by atoms with E-state index in [1.807, 2.05) is 19.9 Å². The summed E-state index contributed by atoms with van der Waals surface area (Å²) in [5.74, 6) is -1.07. The molecule has 0 fully saturated rings. The molecule has 154 valence electrons. The molecule has 26 heavy (non-hydrogen) atoms. The Morgan fingerprint density at radius 1 is 0.808 bits per heavy atom. The Morgan fingerprint density at radius 3 is 1.73 bits per heavy atom. The van der Waals surface area contributed by atoms with Gasteiger partial charge in [0.15, 0.2) is 0 Å². The van der Waals surface area contributed by atoms with Gasteiger partial charge in [0.1, 0.15) is 0 Å². The van der Waals surface area contributed by atoms with E-state index in [9.17, 15) is 9.90 Å². The highest BCUT2D eigenvalue weighted by Gasteiger charge is 2.06. The van der Waals surface area contributed by atoms with Gasteiger partial charge in [-0.25, -0.2) is 0 Å². The van der Waals surface area contributed by atoms with Crippen LogP contribution >= 0.6 is 0 Å². The molecule has 0 bridgehead atoms. The zero-order chi connectivity index (χ0) is 17.1. The van der Waals surface area contributed by atoms with E-state index < -0.39 is 5.97 Å². The molecule has 8 N–H and O–H groups in total. The molecule has 1 aromatic carbocycles. The molecule has 0 aromatic heterocycles. The van der Waals surface area contributed by atoms with Crippen LogP contribution in [0.25, 0.3) is 0 Å². The van der Waals surface area contributed by atoms with Gasteiger partial charge in [0, 0.05) is 5.56 Å². The van der Waals surface area contributed by atoms with Crippen LogP contribution in [0, 0.1) is 13.8 Å². The van der Waals surface area contributed by atoms with Gasteiger partial charge in [-0.3, -0.25) is 0 Å². The normalized spacial score (nSPS) is 9.65. The van der Waals surface area contributed by atoms with E-state index in [0.717, 1.165) is 17.5 Å². The fourth-order valence-electron chi connectivity index (χ4n) is 3.17. The highest BCUT2D eigenvalue weighted by Crippen LogP contribution is 2.20. The van der Waals surface area contributed by atoms with Crippen LogP contribution in [0.4, 0.5) is 0 Å². The molecule has 1 rings (SSSR count). The van der Waals surface area contributed by atoms with E-state index in [-0.39, 0.29) is 24.7 Å². The van der Waals surface area contributed by atoms with Crippen LogP contribution in [0.15, 0.2) is 12.1 Å². The van der Waals surface area contributed by atoms with Gasteiger partial charge in [-0.2, -0.15) is 0 Å². The number of carbonyl (C=O) groups is 1. The quantitative estimate of drug-likeness (QED) is 0.536. The Bertz CT molecular complexity index is 493. The number of rotatable bonds is 12. The smallest absolute Gasteiger partial charge is 0.0718 e. The number of benzene rings is 1. The molecule has 0 atom stereocenters. The number of hydrogen-bond acceptors (Lipinski definition) is 2. The van der Waals surface area contributed by atoms with Crippen molar-refractivity contribution in [1.82, 2.24) is 12.3 Å². The average molecular weight is 389 g/mol. The van der Waals surface area contributed by atoms with Gasteiger partial charge in [-0.1, -0.05) is 76.8 Å². The molecular weight excluding hydrogens is 348 g/mol. The summed E-state index contributed by atoms with van der Waals surface area (Å²) in [7, 11) is 0. The molecule has 0 unspecified atom stereocenters. The number of quaternary nitrogens is 2. The lowest BCUT2D eigenvalue weighted by Gasteiger charge is -2.14. The summed E-state index contributed by atoms with van der Waals surface area (Å²) in [6, 6.07) is 3.66. The lowest BCUT2D eigenvalue weighted by Crippen LogP contribution is -3.00. The first kappa shape index (κ1) is 29.7. The van der Waals surface area contributed by atoms with E-state index in [2.05, 4.69) is 6.92 Å². The number of carboxylic acid groups (broad SMARTS) is 1. The number of hydrogen-bond donors (Lipinski definition) is 2. The lowest BCUT2D eigenvalue weighted by molar-refractivity contribution is -0.255. The van der Waals surface area contributed by atoms with Crippen molar-refractivity contribution in [2.75, 3.05) is 0 Å². The molecule has 0 amide bonds. The molecule has 4 nitrogen and oxygen atoms in total. The molecule has 0 aliphatic carbocycles. The Hall–Kier alpha value is -1.10. The van der Waals surface area contributed by atoms with Crippen LogP contribution in [-0.4, -0.2) is 5.97 Å². The molecular formula is C21H41ClN2O2. The van der Waals surface area contributed by atoms with Crippen molar-refractivity contribution < 1.29 is 22.3 Å². The Kier molecular flexibility index (Phi) is 19.8. The van der Waals surface area contributed by atoms with Crippen molar-refractivity contribution in [3.63, 3.8) is 0 Å². The number of aryl methyl sites for hydroxylation is 1. The van der Waals surface area contributed by atoms with Gasteiger partial charge in [0.05, 0.1) is 5.97 Å². The molecule has 0 saturated heterocycles. The zero-order valence-corrected chi connectivity index (χ0v) is 18.4. The van der Waals surface area contributed by atoms with Crippen molar-refractivity contribution in [2.24, 2.45) is 0 Å². The van der Waals surface area contributed by atoms with Gasteiger partial charge >= 0.3 is 0 Å². The number of aromatic carboxylic acids is 1. The minimum absolute atomic E-state index is 0. The van der Waals surface area contributed by atoms with Gasteiger partial charge in [0.2, 0.25) is 0 Å². The maximum absolute atomic E-state index is 11.0. The van der Waals surface area contributed by atoms with Crippen molar-refractivity contribution in [1.29, 1.82) is 0 Å².